The third-order valence-electron chi connectivity index (χ3n) is 5.34. The van der Waals surface area contributed by atoms with Crippen LogP contribution in [0, 0.1) is 12.7 Å². The highest BCUT2D eigenvalue weighted by Gasteiger charge is 2.51. The standard InChI is InChI=1S/C24H19ClFNO3/c1-15-2-4-16(5-3-15)14-27-21-11-8-18(25)12-20(21)24(30,23(27)29)13-22(28)17-6-9-19(26)10-7-17/h2-12,30H,13-14H2,1H3/t24-/m1/s1. The van der Waals surface area contributed by atoms with E-state index in [1.165, 1.54) is 35.2 Å². The summed E-state index contributed by atoms with van der Waals surface area (Å²) in [5, 5.41) is 11.7. The Morgan fingerprint density at radius 1 is 1.07 bits per heavy atom. The van der Waals surface area contributed by atoms with Gasteiger partial charge in [-0.25, -0.2) is 4.39 Å². The van der Waals surface area contributed by atoms with E-state index in [0.717, 1.165) is 11.1 Å². The fraction of sp³-hybridized carbons (Fsp3) is 0.167. The predicted molar refractivity (Wildman–Crippen MR) is 113 cm³/mol. The van der Waals surface area contributed by atoms with Crippen LogP contribution in [0.2, 0.25) is 5.02 Å². The molecule has 0 fully saturated rings. The second-order valence-corrected chi connectivity index (χ2v) is 7.94. The normalized spacial score (nSPS) is 17.9. The molecule has 4 nitrogen and oxygen atoms in total. The number of rotatable bonds is 5. The van der Waals surface area contributed by atoms with Crippen molar-refractivity contribution in [1.82, 2.24) is 0 Å². The molecule has 1 atom stereocenters. The molecule has 0 aliphatic carbocycles. The minimum absolute atomic E-state index is 0.221. The van der Waals surface area contributed by atoms with Crippen molar-refractivity contribution < 1.29 is 19.1 Å². The van der Waals surface area contributed by atoms with Gasteiger partial charge in [-0.2, -0.15) is 0 Å². The molecule has 0 radical (unpaired) electrons. The first kappa shape index (κ1) is 20.3. The van der Waals surface area contributed by atoms with Crippen LogP contribution >= 0.6 is 11.6 Å². The first-order valence-electron chi connectivity index (χ1n) is 9.46. The van der Waals surface area contributed by atoms with Gasteiger partial charge >= 0.3 is 0 Å². The van der Waals surface area contributed by atoms with Gasteiger partial charge in [0.25, 0.3) is 5.91 Å². The topological polar surface area (TPSA) is 57.6 Å². The van der Waals surface area contributed by atoms with Gasteiger partial charge in [-0.15, -0.1) is 0 Å². The lowest BCUT2D eigenvalue weighted by molar-refractivity contribution is -0.136. The lowest BCUT2D eigenvalue weighted by Gasteiger charge is -2.23. The Hall–Kier alpha value is -3.02. The van der Waals surface area contributed by atoms with Crippen LogP contribution in [0.5, 0.6) is 0 Å². The number of benzene rings is 3. The van der Waals surface area contributed by atoms with Crippen LogP contribution in [0.25, 0.3) is 0 Å². The molecule has 1 aliphatic heterocycles. The summed E-state index contributed by atoms with van der Waals surface area (Å²) in [6.45, 7) is 2.22. The molecule has 0 unspecified atom stereocenters. The highest BCUT2D eigenvalue weighted by molar-refractivity contribution is 6.31. The predicted octanol–water partition coefficient (Wildman–Crippen LogP) is 4.79. The monoisotopic (exact) mass is 423 g/mol. The van der Waals surface area contributed by atoms with E-state index in [2.05, 4.69) is 0 Å². The molecule has 0 spiro atoms. The molecule has 3 aromatic rings. The number of anilines is 1. The SMILES string of the molecule is Cc1ccc(CN2C(=O)[C@@](O)(CC(=O)c3ccc(F)cc3)c3cc(Cl)ccc32)cc1. The Balaban J connectivity index is 1.70. The number of hydrogen-bond donors (Lipinski definition) is 1. The molecule has 1 aliphatic rings. The molecule has 1 heterocycles. The Morgan fingerprint density at radius 2 is 1.73 bits per heavy atom. The number of fused-ring (bicyclic) bond motifs is 1. The van der Waals surface area contributed by atoms with Crippen molar-refractivity contribution >= 4 is 29.0 Å². The van der Waals surface area contributed by atoms with Gasteiger partial charge in [0.05, 0.1) is 18.7 Å². The van der Waals surface area contributed by atoms with Crippen molar-refractivity contribution in [3.8, 4) is 0 Å². The fourth-order valence-corrected chi connectivity index (χ4v) is 3.87. The molecule has 3 aromatic carbocycles. The molecule has 0 bridgehead atoms. The van der Waals surface area contributed by atoms with Crippen molar-refractivity contribution in [3.05, 3.63) is 99.8 Å². The van der Waals surface area contributed by atoms with E-state index in [1.807, 2.05) is 31.2 Å². The van der Waals surface area contributed by atoms with E-state index >= 15 is 0 Å². The molecular formula is C24H19ClFNO3. The molecule has 0 saturated carbocycles. The van der Waals surface area contributed by atoms with Gasteiger partial charge in [0.15, 0.2) is 11.4 Å². The van der Waals surface area contributed by atoms with Crippen LogP contribution in [0.4, 0.5) is 10.1 Å². The quantitative estimate of drug-likeness (QED) is 0.600. The van der Waals surface area contributed by atoms with E-state index in [9.17, 15) is 19.1 Å². The smallest absolute Gasteiger partial charge is 0.264 e. The zero-order valence-corrected chi connectivity index (χ0v) is 17.0. The van der Waals surface area contributed by atoms with Crippen LogP contribution in [-0.4, -0.2) is 16.8 Å². The maximum atomic E-state index is 13.3. The van der Waals surface area contributed by atoms with Crippen molar-refractivity contribution in [2.24, 2.45) is 0 Å². The molecular weight excluding hydrogens is 405 g/mol. The molecule has 1 N–H and O–H groups in total. The first-order chi connectivity index (χ1) is 14.3. The van der Waals surface area contributed by atoms with E-state index in [0.29, 0.717) is 16.3 Å². The number of Topliss-reactive ketones (excluding diaryl/α,β-unsaturated/α-hetero) is 1. The summed E-state index contributed by atoms with van der Waals surface area (Å²) in [7, 11) is 0. The third kappa shape index (κ3) is 3.62. The van der Waals surface area contributed by atoms with E-state index in [1.54, 1.807) is 12.1 Å². The van der Waals surface area contributed by atoms with Crippen molar-refractivity contribution in [2.75, 3.05) is 4.90 Å². The van der Waals surface area contributed by atoms with Crippen molar-refractivity contribution in [3.63, 3.8) is 0 Å². The van der Waals surface area contributed by atoms with Crippen LogP contribution in [0.1, 0.15) is 33.5 Å². The Morgan fingerprint density at radius 3 is 2.40 bits per heavy atom. The largest absolute Gasteiger partial charge is 0.375 e. The highest BCUT2D eigenvalue weighted by Crippen LogP contribution is 2.44. The number of halogens is 2. The van der Waals surface area contributed by atoms with Crippen LogP contribution in [0.3, 0.4) is 0 Å². The Bertz CT molecular complexity index is 1130. The summed E-state index contributed by atoms with van der Waals surface area (Å²) in [5.41, 5.74) is 0.973. The number of aryl methyl sites for hydroxylation is 1. The lowest BCUT2D eigenvalue weighted by Crippen LogP contribution is -2.41. The lowest BCUT2D eigenvalue weighted by atomic mass is 9.88. The third-order valence-corrected chi connectivity index (χ3v) is 5.57. The Labute approximate surface area is 178 Å². The molecule has 30 heavy (non-hydrogen) atoms. The van der Waals surface area contributed by atoms with E-state index < -0.39 is 29.5 Å². The number of carbonyl (C=O) groups excluding carboxylic acids is 2. The number of amides is 1. The molecule has 0 saturated heterocycles. The summed E-state index contributed by atoms with van der Waals surface area (Å²) in [4.78, 5) is 27.5. The van der Waals surface area contributed by atoms with Crippen LogP contribution < -0.4 is 4.90 Å². The summed E-state index contributed by atoms with van der Waals surface area (Å²) in [6.07, 6.45) is -0.463. The molecule has 1 amide bonds. The number of aliphatic hydroxyl groups is 1. The van der Waals surface area contributed by atoms with Crippen molar-refractivity contribution in [2.45, 2.75) is 25.5 Å². The van der Waals surface area contributed by atoms with Gasteiger partial charge in [-0.3, -0.25) is 9.59 Å². The van der Waals surface area contributed by atoms with Gasteiger partial charge in [0.1, 0.15) is 5.82 Å². The zero-order valence-electron chi connectivity index (χ0n) is 16.2. The second kappa shape index (κ2) is 7.67. The molecule has 0 aromatic heterocycles. The van der Waals surface area contributed by atoms with Gasteiger partial charge in [0.2, 0.25) is 0 Å². The minimum atomic E-state index is -2.05. The van der Waals surface area contributed by atoms with Crippen LogP contribution in [-0.2, 0) is 16.9 Å². The number of ketones is 1. The Kier molecular flexibility index (Phi) is 5.18. The molecule has 4 rings (SSSR count). The highest BCUT2D eigenvalue weighted by atomic mass is 35.5. The summed E-state index contributed by atoms with van der Waals surface area (Å²) in [5.74, 6) is -1.52. The summed E-state index contributed by atoms with van der Waals surface area (Å²) < 4.78 is 13.2. The van der Waals surface area contributed by atoms with Gasteiger partial charge in [-0.05, 0) is 55.0 Å². The molecule has 152 valence electrons. The number of carbonyl (C=O) groups is 2. The van der Waals surface area contributed by atoms with E-state index in [4.69, 9.17) is 11.6 Å². The maximum absolute atomic E-state index is 13.3. The average Bonchev–Trinajstić information content (AvgIpc) is 2.91. The summed E-state index contributed by atoms with van der Waals surface area (Å²) in [6, 6.07) is 17.6. The van der Waals surface area contributed by atoms with Gasteiger partial charge in [0, 0.05) is 16.1 Å². The fourth-order valence-electron chi connectivity index (χ4n) is 3.70. The van der Waals surface area contributed by atoms with Crippen LogP contribution in [0.15, 0.2) is 66.7 Å². The number of hydrogen-bond acceptors (Lipinski definition) is 3. The maximum Gasteiger partial charge on any atom is 0.264 e. The van der Waals surface area contributed by atoms with Gasteiger partial charge in [-0.1, -0.05) is 41.4 Å². The second-order valence-electron chi connectivity index (χ2n) is 7.51. The summed E-state index contributed by atoms with van der Waals surface area (Å²) >= 11 is 6.13. The van der Waals surface area contributed by atoms with Crippen molar-refractivity contribution in [1.29, 1.82) is 0 Å². The first-order valence-corrected chi connectivity index (χ1v) is 9.84. The van der Waals surface area contributed by atoms with E-state index in [-0.39, 0.29) is 12.1 Å². The zero-order chi connectivity index (χ0) is 21.5. The van der Waals surface area contributed by atoms with Gasteiger partial charge < -0.3 is 10.0 Å². The minimum Gasteiger partial charge on any atom is -0.375 e. The number of nitrogens with zero attached hydrogens (tertiary/aromatic N) is 1. The molecule has 6 heteroatoms. The average molecular weight is 424 g/mol.